The van der Waals surface area contributed by atoms with Crippen LogP contribution in [0, 0.1) is 0 Å². The zero-order valence-corrected chi connectivity index (χ0v) is 19.4. The quantitative estimate of drug-likeness (QED) is 0.370. The Morgan fingerprint density at radius 3 is 2.39 bits per heavy atom. The highest BCUT2D eigenvalue weighted by atomic mass is 32.2. The van der Waals surface area contributed by atoms with Crippen molar-refractivity contribution in [3.8, 4) is 17.0 Å². The minimum atomic E-state index is -3.73. The fourth-order valence-corrected chi connectivity index (χ4v) is 4.86. The van der Waals surface area contributed by atoms with Gasteiger partial charge in [0.1, 0.15) is 15.5 Å². The molecule has 10 heteroatoms. The van der Waals surface area contributed by atoms with Crippen LogP contribution in [-0.2, 0) is 16.4 Å². The summed E-state index contributed by atoms with van der Waals surface area (Å²) >= 11 is 1.25. The molecule has 0 aliphatic heterocycles. The number of sulfonamides is 1. The number of fused-ring (bicyclic) bond motifs is 1. The monoisotopic (exact) mass is 482 g/mol. The van der Waals surface area contributed by atoms with E-state index < -0.39 is 10.0 Å². The van der Waals surface area contributed by atoms with Gasteiger partial charge in [-0.2, -0.15) is 0 Å². The number of methoxy groups -OCH3 is 1. The summed E-state index contributed by atoms with van der Waals surface area (Å²) in [6, 6.07) is 17.6. The van der Waals surface area contributed by atoms with E-state index in [0.29, 0.717) is 28.4 Å². The van der Waals surface area contributed by atoms with E-state index in [0.717, 1.165) is 28.0 Å². The molecule has 0 spiro atoms. The summed E-state index contributed by atoms with van der Waals surface area (Å²) in [5, 5.41) is 8.70. The van der Waals surface area contributed by atoms with Crippen molar-refractivity contribution in [3.05, 3.63) is 71.1 Å². The number of hydrogen-bond donors (Lipinski definition) is 3. The number of ether oxygens (including phenoxy) is 1. The number of anilines is 1. The van der Waals surface area contributed by atoms with Crippen LogP contribution >= 0.6 is 11.3 Å². The van der Waals surface area contributed by atoms with E-state index in [-0.39, 0.29) is 10.8 Å². The van der Waals surface area contributed by atoms with Crippen molar-refractivity contribution in [2.24, 2.45) is 5.14 Å². The van der Waals surface area contributed by atoms with Gasteiger partial charge in [-0.05, 0) is 60.5 Å². The van der Waals surface area contributed by atoms with Crippen LogP contribution in [0.1, 0.15) is 15.2 Å². The van der Waals surface area contributed by atoms with Crippen molar-refractivity contribution >= 4 is 43.2 Å². The van der Waals surface area contributed by atoms with Crippen LogP contribution in [0.15, 0.2) is 65.6 Å². The number of carbonyl (C=O) groups excluding carboxylic acids is 1. The average Bonchev–Trinajstić information content (AvgIpc) is 3.14. The number of nitrogens with two attached hydrogens (primary N) is 2. The zero-order chi connectivity index (χ0) is 23.6. The SMILES string of the molecule is COc1ccc(-c2ccc3c(N)c(C(=O)NCCc4ccc(S(N)(=O)=O)cc4)sc3n2)cc1. The van der Waals surface area contributed by atoms with Gasteiger partial charge in [0, 0.05) is 17.5 Å². The van der Waals surface area contributed by atoms with Crippen molar-refractivity contribution in [2.75, 3.05) is 19.4 Å². The summed E-state index contributed by atoms with van der Waals surface area (Å²) in [6.45, 7) is 0.367. The number of carbonyl (C=O) groups is 1. The number of thiophene rings is 1. The summed E-state index contributed by atoms with van der Waals surface area (Å²) in [5.74, 6) is 0.488. The molecular weight excluding hydrogens is 460 g/mol. The van der Waals surface area contributed by atoms with Gasteiger partial charge in [0.2, 0.25) is 10.0 Å². The lowest BCUT2D eigenvalue weighted by atomic mass is 10.1. The van der Waals surface area contributed by atoms with Crippen LogP contribution in [0.3, 0.4) is 0 Å². The smallest absolute Gasteiger partial charge is 0.263 e. The van der Waals surface area contributed by atoms with Gasteiger partial charge in [0.05, 0.1) is 23.4 Å². The van der Waals surface area contributed by atoms with E-state index >= 15 is 0 Å². The van der Waals surface area contributed by atoms with Crippen molar-refractivity contribution in [3.63, 3.8) is 0 Å². The van der Waals surface area contributed by atoms with Gasteiger partial charge < -0.3 is 15.8 Å². The summed E-state index contributed by atoms with van der Waals surface area (Å²) in [5.41, 5.74) is 9.22. The molecule has 0 fully saturated rings. The fourth-order valence-electron chi connectivity index (χ4n) is 3.33. The average molecular weight is 483 g/mol. The first kappa shape index (κ1) is 22.7. The Balaban J connectivity index is 1.46. The summed E-state index contributed by atoms with van der Waals surface area (Å²) in [6.07, 6.45) is 0.529. The molecule has 2 aromatic carbocycles. The third-order valence-electron chi connectivity index (χ3n) is 5.14. The van der Waals surface area contributed by atoms with Crippen LogP contribution in [0.25, 0.3) is 21.5 Å². The number of rotatable bonds is 7. The normalized spacial score (nSPS) is 11.5. The van der Waals surface area contributed by atoms with Gasteiger partial charge in [0.25, 0.3) is 5.91 Å². The Morgan fingerprint density at radius 1 is 1.06 bits per heavy atom. The van der Waals surface area contributed by atoms with Gasteiger partial charge in [0.15, 0.2) is 0 Å². The Bertz CT molecular complexity index is 1410. The first-order valence-electron chi connectivity index (χ1n) is 9.99. The zero-order valence-electron chi connectivity index (χ0n) is 17.7. The molecule has 2 aromatic heterocycles. The lowest BCUT2D eigenvalue weighted by Gasteiger charge is -2.05. The molecule has 0 aliphatic carbocycles. The molecular formula is C23H22N4O4S2. The second-order valence-corrected chi connectivity index (χ2v) is 9.88. The van der Waals surface area contributed by atoms with E-state index in [1.54, 1.807) is 19.2 Å². The van der Waals surface area contributed by atoms with Crippen LogP contribution < -0.4 is 20.9 Å². The second-order valence-electron chi connectivity index (χ2n) is 7.32. The molecule has 0 aliphatic rings. The lowest BCUT2D eigenvalue weighted by molar-refractivity contribution is 0.0959. The third kappa shape index (κ3) is 4.98. The van der Waals surface area contributed by atoms with Gasteiger partial charge in [-0.25, -0.2) is 18.5 Å². The molecule has 33 heavy (non-hydrogen) atoms. The number of nitrogen functional groups attached to an aromatic ring is 1. The predicted octanol–water partition coefficient (Wildman–Crippen LogP) is 3.17. The standard InChI is InChI=1S/C23H22N4O4S2/c1-31-16-6-4-15(5-7-16)19-11-10-18-20(24)21(32-23(18)27-19)22(28)26-13-12-14-2-8-17(9-3-14)33(25,29)30/h2-11H,12-13,24H2,1H3,(H,26,28)(H2,25,29,30). The second kappa shape index (κ2) is 9.18. The maximum atomic E-state index is 12.7. The maximum Gasteiger partial charge on any atom is 0.263 e. The molecule has 0 unspecified atom stereocenters. The minimum absolute atomic E-state index is 0.0508. The number of hydrogen-bond acceptors (Lipinski definition) is 7. The van der Waals surface area contributed by atoms with Crippen LogP contribution in [0.5, 0.6) is 5.75 Å². The van der Waals surface area contributed by atoms with Gasteiger partial charge >= 0.3 is 0 Å². The van der Waals surface area contributed by atoms with Gasteiger partial charge in [-0.3, -0.25) is 4.79 Å². The maximum absolute atomic E-state index is 12.7. The van der Waals surface area contributed by atoms with Crippen molar-refractivity contribution in [2.45, 2.75) is 11.3 Å². The van der Waals surface area contributed by atoms with E-state index in [9.17, 15) is 13.2 Å². The Labute approximate surface area is 195 Å². The van der Waals surface area contributed by atoms with Crippen LogP contribution in [-0.4, -0.2) is 33.0 Å². The molecule has 1 amide bonds. The summed E-state index contributed by atoms with van der Waals surface area (Å²) < 4.78 is 27.9. The third-order valence-corrected chi connectivity index (χ3v) is 7.18. The number of amides is 1. The Hall–Kier alpha value is -3.47. The molecule has 0 atom stereocenters. The van der Waals surface area contributed by atoms with Crippen molar-refractivity contribution in [1.82, 2.24) is 10.3 Å². The molecule has 4 aromatic rings. The number of primary sulfonamides is 1. The summed E-state index contributed by atoms with van der Waals surface area (Å²) in [7, 11) is -2.11. The highest BCUT2D eigenvalue weighted by Crippen LogP contribution is 2.34. The molecule has 0 saturated carbocycles. The lowest BCUT2D eigenvalue weighted by Crippen LogP contribution is -2.25. The highest BCUT2D eigenvalue weighted by molar-refractivity contribution is 7.89. The predicted molar refractivity (Wildman–Crippen MR) is 130 cm³/mol. The van der Waals surface area contributed by atoms with Crippen LogP contribution in [0.4, 0.5) is 5.69 Å². The van der Waals surface area contributed by atoms with E-state index in [1.165, 1.54) is 23.5 Å². The number of benzene rings is 2. The fraction of sp³-hybridized carbons (Fsp3) is 0.130. The molecule has 170 valence electrons. The largest absolute Gasteiger partial charge is 0.497 e. The topological polar surface area (TPSA) is 137 Å². The molecule has 0 radical (unpaired) electrons. The van der Waals surface area contributed by atoms with E-state index in [4.69, 9.17) is 15.6 Å². The number of nitrogens with zero attached hydrogens (tertiary/aromatic N) is 1. The first-order valence-corrected chi connectivity index (χ1v) is 12.4. The van der Waals surface area contributed by atoms with Gasteiger partial charge in [-0.15, -0.1) is 11.3 Å². The minimum Gasteiger partial charge on any atom is -0.497 e. The van der Waals surface area contributed by atoms with Gasteiger partial charge in [-0.1, -0.05) is 12.1 Å². The Kier molecular flexibility index (Phi) is 6.32. The number of pyridine rings is 1. The highest BCUT2D eigenvalue weighted by Gasteiger charge is 2.17. The number of nitrogens with one attached hydrogen (secondary N) is 1. The molecule has 0 bridgehead atoms. The van der Waals surface area contributed by atoms with E-state index in [1.807, 2.05) is 36.4 Å². The first-order chi connectivity index (χ1) is 15.8. The van der Waals surface area contributed by atoms with Crippen molar-refractivity contribution < 1.29 is 17.9 Å². The van der Waals surface area contributed by atoms with E-state index in [2.05, 4.69) is 10.3 Å². The summed E-state index contributed by atoms with van der Waals surface area (Å²) in [4.78, 5) is 18.5. The van der Waals surface area contributed by atoms with Crippen molar-refractivity contribution in [1.29, 1.82) is 0 Å². The Morgan fingerprint density at radius 2 is 1.76 bits per heavy atom. The molecule has 8 nitrogen and oxygen atoms in total. The van der Waals surface area contributed by atoms with Crippen LogP contribution in [0.2, 0.25) is 0 Å². The molecule has 5 N–H and O–H groups in total. The molecule has 4 rings (SSSR count). The molecule has 2 heterocycles. The molecule has 0 saturated heterocycles. The number of aromatic nitrogens is 1.